The first-order valence-corrected chi connectivity index (χ1v) is 4.29. The topological polar surface area (TPSA) is 151 Å². The smallest absolute Gasteiger partial charge is 0.305 e. The Bertz CT molecular complexity index is 281. The van der Waals surface area contributed by atoms with Crippen LogP contribution in [0.15, 0.2) is 0 Å². The fraction of sp³-hybridized carbons (Fsp3) is 0.833. The fourth-order valence-electron chi connectivity index (χ4n) is 0.749. The monoisotopic (exact) mass is 254 g/mol. The van der Waals surface area contributed by atoms with Crippen molar-refractivity contribution in [3.63, 3.8) is 0 Å². The van der Waals surface area contributed by atoms with E-state index < -0.39 is 28.9 Å². The van der Waals surface area contributed by atoms with Crippen molar-refractivity contribution in [1.29, 1.82) is 0 Å². The summed E-state index contributed by atoms with van der Waals surface area (Å²) < 4.78 is 4.73. The van der Waals surface area contributed by atoms with Crippen LogP contribution >= 0.6 is 0 Å². The highest BCUT2D eigenvalue weighted by atomic mass is 17.0. The molecule has 0 aliphatic heterocycles. The van der Waals surface area contributed by atoms with Crippen LogP contribution in [0.5, 0.6) is 0 Å². The van der Waals surface area contributed by atoms with Gasteiger partial charge in [0.15, 0.2) is 6.10 Å². The van der Waals surface area contributed by atoms with Crippen LogP contribution in [0.1, 0.15) is 6.42 Å². The molecule has 0 aromatic carbocycles. The molecule has 11 heteroatoms. The molecule has 0 radical (unpaired) electrons. The number of carboxylic acids is 1. The summed E-state index contributed by atoms with van der Waals surface area (Å²) in [7, 11) is 0. The minimum atomic E-state index is -1.29. The summed E-state index contributed by atoms with van der Waals surface area (Å²) in [6.07, 6.45) is -1.58. The van der Waals surface area contributed by atoms with Gasteiger partial charge < -0.3 is 19.5 Å². The maximum absolute atomic E-state index is 10.1. The number of ether oxygens (including phenoxy) is 1. The molecule has 0 rings (SSSR count). The van der Waals surface area contributed by atoms with E-state index in [1.165, 1.54) is 0 Å². The zero-order valence-electron chi connectivity index (χ0n) is 8.51. The van der Waals surface area contributed by atoms with Crippen molar-refractivity contribution in [2.24, 2.45) is 0 Å². The van der Waals surface area contributed by atoms with Gasteiger partial charge >= 0.3 is 5.97 Å². The maximum atomic E-state index is 10.1. The number of aliphatic carboxylic acids is 1. The molecule has 17 heavy (non-hydrogen) atoms. The summed E-state index contributed by atoms with van der Waals surface area (Å²) in [6.45, 7) is -1.26. The highest BCUT2D eigenvalue weighted by Crippen LogP contribution is 1.97. The van der Waals surface area contributed by atoms with E-state index in [0.29, 0.717) is 0 Å². The van der Waals surface area contributed by atoms with Crippen LogP contribution < -0.4 is 0 Å². The van der Waals surface area contributed by atoms with E-state index in [2.05, 4.69) is 9.68 Å². The number of hydrogen-bond donors (Lipinski definition) is 1. The van der Waals surface area contributed by atoms with Crippen LogP contribution in [0.3, 0.4) is 0 Å². The molecule has 1 unspecified atom stereocenters. The van der Waals surface area contributed by atoms with E-state index in [-0.39, 0.29) is 19.6 Å². The van der Waals surface area contributed by atoms with Crippen LogP contribution in [0.2, 0.25) is 0 Å². The van der Waals surface area contributed by atoms with Crippen LogP contribution in [-0.4, -0.2) is 47.2 Å². The van der Waals surface area contributed by atoms with Crippen LogP contribution in [0.4, 0.5) is 0 Å². The fourth-order valence-corrected chi connectivity index (χ4v) is 0.749. The Morgan fingerprint density at radius 3 is 2.35 bits per heavy atom. The van der Waals surface area contributed by atoms with E-state index in [1.54, 1.807) is 0 Å². The molecule has 0 aliphatic rings. The lowest BCUT2D eigenvalue weighted by molar-refractivity contribution is -0.790. The Kier molecular flexibility index (Phi) is 7.01. The molecule has 0 spiro atoms. The second-order valence-corrected chi connectivity index (χ2v) is 2.69. The predicted octanol–water partition coefficient (Wildman–Crippen LogP) is -0.737. The van der Waals surface area contributed by atoms with E-state index >= 15 is 0 Å². The summed E-state index contributed by atoms with van der Waals surface area (Å²) in [5, 5.41) is 25.8. The predicted molar refractivity (Wildman–Crippen MR) is 47.9 cm³/mol. The first-order chi connectivity index (χ1) is 7.91. The highest BCUT2D eigenvalue weighted by molar-refractivity contribution is 5.66. The Hall–Kier alpha value is -2.17. The Morgan fingerprint density at radius 2 is 1.88 bits per heavy atom. The van der Waals surface area contributed by atoms with Crippen molar-refractivity contribution in [3.05, 3.63) is 20.2 Å². The second-order valence-electron chi connectivity index (χ2n) is 2.69. The van der Waals surface area contributed by atoms with E-state index in [0.717, 1.165) is 0 Å². The van der Waals surface area contributed by atoms with Crippen molar-refractivity contribution in [2.75, 3.05) is 19.8 Å². The third-order valence-electron chi connectivity index (χ3n) is 1.36. The van der Waals surface area contributed by atoms with Crippen LogP contribution in [-0.2, 0) is 19.2 Å². The Labute approximate surface area is 94.1 Å². The summed E-state index contributed by atoms with van der Waals surface area (Å²) in [6, 6.07) is 0. The van der Waals surface area contributed by atoms with Gasteiger partial charge in [-0.3, -0.25) is 4.79 Å². The van der Waals surface area contributed by atoms with Crippen LogP contribution in [0.25, 0.3) is 0 Å². The van der Waals surface area contributed by atoms with Gasteiger partial charge in [0.2, 0.25) is 0 Å². The summed E-state index contributed by atoms with van der Waals surface area (Å²) >= 11 is 0. The van der Waals surface area contributed by atoms with Gasteiger partial charge in [0.25, 0.3) is 10.2 Å². The van der Waals surface area contributed by atoms with Crippen molar-refractivity contribution in [3.8, 4) is 0 Å². The zero-order valence-corrected chi connectivity index (χ0v) is 8.51. The molecule has 1 atom stereocenters. The average Bonchev–Trinajstić information content (AvgIpc) is 2.19. The molecule has 0 aromatic rings. The van der Waals surface area contributed by atoms with E-state index in [4.69, 9.17) is 9.84 Å². The number of carbonyl (C=O) groups is 1. The van der Waals surface area contributed by atoms with Gasteiger partial charge in [0, 0.05) is 0 Å². The lowest BCUT2D eigenvalue weighted by Crippen LogP contribution is -2.29. The molecule has 0 heterocycles. The molecule has 11 nitrogen and oxygen atoms in total. The highest BCUT2D eigenvalue weighted by Gasteiger charge is 2.16. The SMILES string of the molecule is O=C(O)CCOCC(CO[N+](=O)[O-])O[N+](=O)[O-]. The van der Waals surface area contributed by atoms with Crippen LogP contribution in [0, 0.1) is 20.2 Å². The van der Waals surface area contributed by atoms with Crippen molar-refractivity contribution in [1.82, 2.24) is 0 Å². The van der Waals surface area contributed by atoms with Gasteiger partial charge in [-0.25, -0.2) is 0 Å². The van der Waals surface area contributed by atoms with Gasteiger partial charge in [0.1, 0.15) is 6.61 Å². The van der Waals surface area contributed by atoms with Gasteiger partial charge in [-0.1, -0.05) is 0 Å². The van der Waals surface area contributed by atoms with Gasteiger partial charge in [-0.15, -0.1) is 20.2 Å². The van der Waals surface area contributed by atoms with E-state index in [1.807, 2.05) is 0 Å². The average molecular weight is 254 g/mol. The largest absolute Gasteiger partial charge is 0.481 e. The minimum Gasteiger partial charge on any atom is -0.481 e. The number of carboxylic acid groups (broad SMARTS) is 1. The van der Waals surface area contributed by atoms with Gasteiger partial charge in [0.05, 0.1) is 19.6 Å². The molecule has 0 aromatic heterocycles. The Morgan fingerprint density at radius 1 is 1.24 bits per heavy atom. The number of rotatable bonds is 10. The molecule has 0 amide bonds. The molecular formula is C6H10N2O9. The first-order valence-electron chi connectivity index (χ1n) is 4.29. The number of hydrogen-bond acceptors (Lipinski definition) is 8. The summed E-state index contributed by atoms with van der Waals surface area (Å²) in [5.74, 6) is -1.10. The third kappa shape index (κ3) is 10.1. The van der Waals surface area contributed by atoms with Crippen molar-refractivity contribution in [2.45, 2.75) is 12.5 Å². The Balaban J connectivity index is 3.88. The second kappa shape index (κ2) is 8.04. The molecular weight excluding hydrogens is 244 g/mol. The molecule has 0 fully saturated rings. The molecule has 1 N–H and O–H groups in total. The van der Waals surface area contributed by atoms with Gasteiger partial charge in [-0.05, 0) is 0 Å². The zero-order chi connectivity index (χ0) is 13.3. The standard InChI is InChI=1S/C6H10N2O9/c9-6(10)1-2-15-3-5(17-8(13)14)4-16-7(11)12/h5H,1-4H2,(H,9,10). The van der Waals surface area contributed by atoms with Gasteiger partial charge in [-0.2, -0.15) is 0 Å². The number of nitrogens with zero attached hydrogens (tertiary/aromatic N) is 2. The molecule has 98 valence electrons. The lowest BCUT2D eigenvalue weighted by atomic mass is 10.4. The summed E-state index contributed by atoms with van der Waals surface area (Å²) in [4.78, 5) is 37.9. The third-order valence-corrected chi connectivity index (χ3v) is 1.36. The molecule has 0 saturated carbocycles. The normalized spacial score (nSPS) is 11.5. The molecule has 0 saturated heterocycles. The molecule has 0 bridgehead atoms. The van der Waals surface area contributed by atoms with Crippen molar-refractivity contribution >= 4 is 5.97 Å². The maximum Gasteiger partial charge on any atom is 0.305 e. The van der Waals surface area contributed by atoms with Crippen molar-refractivity contribution < 1.29 is 34.5 Å². The van der Waals surface area contributed by atoms with E-state index in [9.17, 15) is 25.0 Å². The molecule has 0 aliphatic carbocycles. The summed E-state index contributed by atoms with van der Waals surface area (Å²) in [5.41, 5.74) is 0. The minimum absolute atomic E-state index is 0.189. The quantitative estimate of drug-likeness (QED) is 0.302. The first kappa shape index (κ1) is 14.8. The lowest BCUT2D eigenvalue weighted by Gasteiger charge is -2.13.